The molecule has 0 bridgehead atoms. The highest BCUT2D eigenvalue weighted by Crippen LogP contribution is 2.21. The minimum absolute atomic E-state index is 0.0723. The Morgan fingerprint density at radius 1 is 0.650 bits per heavy atom. The van der Waals surface area contributed by atoms with Gasteiger partial charge in [-0.1, -0.05) is 91.9 Å². The quantitative estimate of drug-likeness (QED) is 0.369. The summed E-state index contributed by atoms with van der Waals surface area (Å²) in [5, 5.41) is 10.2. The summed E-state index contributed by atoms with van der Waals surface area (Å²) in [4.78, 5) is 0. The van der Waals surface area contributed by atoms with Crippen molar-refractivity contribution in [3.8, 4) is 0 Å². The first kappa shape index (κ1) is 20.0. The molecule has 20 heavy (non-hydrogen) atoms. The molecule has 1 heteroatoms. The normalized spacial score (nSPS) is 16.1. The molecule has 0 heterocycles. The smallest absolute Gasteiger partial charge is 0.0545 e. The largest absolute Gasteiger partial charge is 0.393 e. The first-order valence-corrected chi connectivity index (χ1v) is 9.28. The molecule has 0 fully saturated rings. The Hall–Kier alpha value is -0.0400. The Morgan fingerprint density at radius 3 is 1.65 bits per heavy atom. The van der Waals surface area contributed by atoms with Crippen molar-refractivity contribution < 1.29 is 5.11 Å². The second kappa shape index (κ2) is 13.9. The maximum absolute atomic E-state index is 10.2. The second-order valence-corrected chi connectivity index (χ2v) is 7.03. The van der Waals surface area contributed by atoms with E-state index in [1.807, 2.05) is 0 Å². The van der Waals surface area contributed by atoms with Gasteiger partial charge in [0.05, 0.1) is 6.10 Å². The highest BCUT2D eigenvalue weighted by molar-refractivity contribution is 4.66. The van der Waals surface area contributed by atoms with E-state index in [0.717, 1.165) is 12.8 Å². The van der Waals surface area contributed by atoms with Gasteiger partial charge in [-0.05, 0) is 24.7 Å². The minimum Gasteiger partial charge on any atom is -0.393 e. The first-order chi connectivity index (χ1) is 9.60. The van der Waals surface area contributed by atoms with Gasteiger partial charge >= 0.3 is 0 Å². The average molecular weight is 285 g/mol. The predicted octanol–water partition coefficient (Wildman–Crippen LogP) is 6.34. The fourth-order valence-corrected chi connectivity index (χ4v) is 3.09. The number of hydrogen-bond donors (Lipinski definition) is 1. The van der Waals surface area contributed by atoms with Crippen molar-refractivity contribution in [2.24, 2.45) is 11.8 Å². The fraction of sp³-hybridized carbons (Fsp3) is 1.00. The van der Waals surface area contributed by atoms with Crippen molar-refractivity contribution in [1.29, 1.82) is 0 Å². The molecule has 0 aliphatic carbocycles. The van der Waals surface area contributed by atoms with E-state index in [1.165, 1.54) is 64.2 Å². The van der Waals surface area contributed by atoms with E-state index >= 15 is 0 Å². The Morgan fingerprint density at radius 2 is 1.10 bits per heavy atom. The van der Waals surface area contributed by atoms with E-state index in [-0.39, 0.29) is 6.10 Å². The third kappa shape index (κ3) is 13.0. The molecular formula is C19H40O. The predicted molar refractivity (Wildman–Crippen MR) is 91.1 cm³/mol. The molecule has 0 aromatic carbocycles. The van der Waals surface area contributed by atoms with Gasteiger partial charge in [0.2, 0.25) is 0 Å². The summed E-state index contributed by atoms with van der Waals surface area (Å²) in [5.41, 5.74) is 0. The fourth-order valence-electron chi connectivity index (χ4n) is 3.09. The van der Waals surface area contributed by atoms with Crippen LogP contribution in [0.4, 0.5) is 0 Å². The van der Waals surface area contributed by atoms with Crippen LogP contribution in [0.2, 0.25) is 0 Å². The van der Waals surface area contributed by atoms with Gasteiger partial charge in [0.25, 0.3) is 0 Å². The van der Waals surface area contributed by atoms with Crippen molar-refractivity contribution >= 4 is 0 Å². The lowest BCUT2D eigenvalue weighted by Crippen LogP contribution is -2.15. The summed E-state index contributed by atoms with van der Waals surface area (Å²) < 4.78 is 0. The molecule has 1 N–H and O–H groups in total. The van der Waals surface area contributed by atoms with Crippen LogP contribution in [0, 0.1) is 11.8 Å². The summed E-state index contributed by atoms with van der Waals surface area (Å²) in [6, 6.07) is 0. The number of aliphatic hydroxyl groups is 1. The van der Waals surface area contributed by atoms with Gasteiger partial charge in [-0.2, -0.15) is 0 Å². The zero-order chi connectivity index (χ0) is 15.2. The third-order valence-electron chi connectivity index (χ3n) is 4.45. The van der Waals surface area contributed by atoms with E-state index in [1.54, 1.807) is 0 Å². The molecule has 1 nitrogen and oxygen atoms in total. The zero-order valence-electron chi connectivity index (χ0n) is 14.7. The molecule has 0 spiro atoms. The van der Waals surface area contributed by atoms with Gasteiger partial charge in [-0.25, -0.2) is 0 Å². The molecule has 0 amide bonds. The number of aliphatic hydroxyl groups excluding tert-OH is 1. The molecule has 0 aromatic heterocycles. The van der Waals surface area contributed by atoms with Crippen molar-refractivity contribution in [2.45, 2.75) is 111 Å². The van der Waals surface area contributed by atoms with Crippen LogP contribution in [0.3, 0.4) is 0 Å². The lowest BCUT2D eigenvalue weighted by molar-refractivity contribution is 0.115. The van der Waals surface area contributed by atoms with Crippen LogP contribution in [0.15, 0.2) is 0 Å². The van der Waals surface area contributed by atoms with Crippen LogP contribution in [-0.2, 0) is 0 Å². The van der Waals surface area contributed by atoms with Gasteiger partial charge < -0.3 is 5.11 Å². The maximum Gasteiger partial charge on any atom is 0.0545 e. The zero-order valence-corrected chi connectivity index (χ0v) is 14.7. The maximum atomic E-state index is 10.2. The molecular weight excluding hydrogens is 244 g/mol. The van der Waals surface area contributed by atoms with Crippen LogP contribution in [-0.4, -0.2) is 11.2 Å². The number of hydrogen-bond acceptors (Lipinski definition) is 1. The summed E-state index contributed by atoms with van der Waals surface area (Å²) >= 11 is 0. The van der Waals surface area contributed by atoms with Gasteiger partial charge in [0, 0.05) is 0 Å². The molecule has 0 aliphatic heterocycles. The Kier molecular flexibility index (Phi) is 13.9. The minimum atomic E-state index is -0.0723. The Balaban J connectivity index is 3.51. The van der Waals surface area contributed by atoms with E-state index in [4.69, 9.17) is 0 Å². The number of unbranched alkanes of at least 4 members (excludes halogenated alkanes) is 6. The standard InChI is InChI=1S/C19H40O/c1-5-7-9-10-11-12-14-18(4)16-19(20)15-17(3)13-8-6-2/h17-20H,5-16H2,1-4H3. The molecule has 3 unspecified atom stereocenters. The van der Waals surface area contributed by atoms with Crippen LogP contribution < -0.4 is 0 Å². The Labute approximate surface area is 128 Å². The van der Waals surface area contributed by atoms with Gasteiger partial charge in [0.15, 0.2) is 0 Å². The molecule has 0 aliphatic rings. The van der Waals surface area contributed by atoms with Gasteiger partial charge in [-0.3, -0.25) is 0 Å². The van der Waals surface area contributed by atoms with Crippen LogP contribution in [0.5, 0.6) is 0 Å². The number of rotatable bonds is 14. The highest BCUT2D eigenvalue weighted by atomic mass is 16.3. The third-order valence-corrected chi connectivity index (χ3v) is 4.45. The monoisotopic (exact) mass is 284 g/mol. The van der Waals surface area contributed by atoms with Crippen molar-refractivity contribution in [2.75, 3.05) is 0 Å². The summed E-state index contributed by atoms with van der Waals surface area (Å²) in [5.74, 6) is 1.38. The first-order valence-electron chi connectivity index (χ1n) is 9.28. The molecule has 122 valence electrons. The van der Waals surface area contributed by atoms with E-state index in [0.29, 0.717) is 11.8 Å². The molecule has 0 saturated carbocycles. The summed E-state index contributed by atoms with van der Waals surface area (Å²) in [6.45, 7) is 9.11. The summed E-state index contributed by atoms with van der Waals surface area (Å²) in [7, 11) is 0. The van der Waals surface area contributed by atoms with E-state index < -0.39 is 0 Å². The summed E-state index contributed by atoms with van der Waals surface area (Å²) in [6.07, 6.45) is 15.4. The van der Waals surface area contributed by atoms with Gasteiger partial charge in [0.1, 0.15) is 0 Å². The van der Waals surface area contributed by atoms with E-state index in [9.17, 15) is 5.11 Å². The SMILES string of the molecule is CCCCCCCCC(C)CC(O)CC(C)CCCC. The molecule has 0 aromatic rings. The lowest BCUT2D eigenvalue weighted by atomic mass is 9.90. The van der Waals surface area contributed by atoms with Crippen molar-refractivity contribution in [3.63, 3.8) is 0 Å². The lowest BCUT2D eigenvalue weighted by Gasteiger charge is -2.19. The molecule has 3 atom stereocenters. The average Bonchev–Trinajstić information content (AvgIpc) is 2.40. The van der Waals surface area contributed by atoms with Gasteiger partial charge in [-0.15, -0.1) is 0 Å². The molecule has 0 rings (SSSR count). The molecule has 0 saturated heterocycles. The Bertz CT molecular complexity index is 190. The topological polar surface area (TPSA) is 20.2 Å². The molecule has 0 radical (unpaired) electrons. The van der Waals surface area contributed by atoms with Crippen LogP contribution in [0.25, 0.3) is 0 Å². The van der Waals surface area contributed by atoms with Crippen LogP contribution >= 0.6 is 0 Å². The van der Waals surface area contributed by atoms with Crippen LogP contribution in [0.1, 0.15) is 105 Å². The second-order valence-electron chi connectivity index (χ2n) is 7.03. The van der Waals surface area contributed by atoms with Crippen molar-refractivity contribution in [1.82, 2.24) is 0 Å². The highest BCUT2D eigenvalue weighted by Gasteiger charge is 2.13. The van der Waals surface area contributed by atoms with E-state index in [2.05, 4.69) is 27.7 Å². The van der Waals surface area contributed by atoms with Crippen molar-refractivity contribution in [3.05, 3.63) is 0 Å².